The maximum Gasteiger partial charge on any atom is 0.0678 e. The first kappa shape index (κ1) is 12.2. The quantitative estimate of drug-likeness (QED) is 0.833. The van der Waals surface area contributed by atoms with Crippen LogP contribution in [0.2, 0.25) is 0 Å². The number of H-pyrrole nitrogens is 1. The van der Waals surface area contributed by atoms with E-state index in [0.717, 1.165) is 30.7 Å². The summed E-state index contributed by atoms with van der Waals surface area (Å²) in [5.74, 6) is 0.870. The molecular weight excluding hydrogens is 224 g/mol. The third-order valence-electron chi connectivity index (χ3n) is 4.33. The average Bonchev–Trinajstić information content (AvgIpc) is 2.95. The zero-order valence-electron chi connectivity index (χ0n) is 11.7. The minimum atomic E-state index is 0.136. The Hall–Kier alpha value is -0.870. The molecule has 0 amide bonds. The van der Waals surface area contributed by atoms with Crippen LogP contribution in [0.25, 0.3) is 0 Å². The largest absolute Gasteiger partial charge is 0.315 e. The minimum absolute atomic E-state index is 0.136. The topological polar surface area (TPSA) is 44.0 Å². The van der Waals surface area contributed by atoms with Crippen molar-refractivity contribution in [3.05, 3.63) is 17.5 Å². The number of nitrogens with one attached hydrogen (secondary N) is 2. The lowest BCUT2D eigenvalue weighted by molar-refractivity contribution is 0.241. The highest BCUT2D eigenvalue weighted by atomic mass is 15.2. The lowest BCUT2D eigenvalue weighted by atomic mass is 9.92. The molecule has 2 aliphatic heterocycles. The predicted molar refractivity (Wildman–Crippen MR) is 72.5 cm³/mol. The predicted octanol–water partition coefficient (Wildman–Crippen LogP) is 1.50. The molecule has 2 fully saturated rings. The second-order valence-electron chi connectivity index (χ2n) is 6.77. The van der Waals surface area contributed by atoms with Gasteiger partial charge in [0.1, 0.15) is 0 Å². The molecule has 100 valence electrons. The van der Waals surface area contributed by atoms with E-state index in [4.69, 9.17) is 0 Å². The summed E-state index contributed by atoms with van der Waals surface area (Å²) in [6.07, 6.45) is 1.35. The number of aromatic nitrogens is 2. The van der Waals surface area contributed by atoms with Crippen molar-refractivity contribution in [1.29, 1.82) is 0 Å². The molecule has 2 atom stereocenters. The van der Waals surface area contributed by atoms with Crippen molar-refractivity contribution in [3.8, 4) is 0 Å². The van der Waals surface area contributed by atoms with Crippen molar-refractivity contribution < 1.29 is 0 Å². The van der Waals surface area contributed by atoms with E-state index >= 15 is 0 Å². The third-order valence-corrected chi connectivity index (χ3v) is 4.33. The van der Waals surface area contributed by atoms with Crippen LogP contribution in [0.15, 0.2) is 6.07 Å². The summed E-state index contributed by atoms with van der Waals surface area (Å²) in [5.41, 5.74) is 2.56. The molecule has 3 rings (SSSR count). The van der Waals surface area contributed by atoms with E-state index in [-0.39, 0.29) is 5.41 Å². The van der Waals surface area contributed by atoms with Crippen molar-refractivity contribution in [2.24, 2.45) is 5.92 Å². The van der Waals surface area contributed by atoms with E-state index < -0.39 is 0 Å². The van der Waals surface area contributed by atoms with Gasteiger partial charge in [-0.3, -0.25) is 10.00 Å². The Balaban J connectivity index is 1.68. The number of fused-ring (bicyclic) bond motifs is 1. The van der Waals surface area contributed by atoms with Gasteiger partial charge in [-0.1, -0.05) is 20.8 Å². The zero-order chi connectivity index (χ0) is 12.8. The van der Waals surface area contributed by atoms with Gasteiger partial charge in [0.15, 0.2) is 0 Å². The van der Waals surface area contributed by atoms with Gasteiger partial charge in [0.05, 0.1) is 5.69 Å². The molecule has 2 saturated heterocycles. The molecule has 0 spiro atoms. The monoisotopic (exact) mass is 248 g/mol. The first-order valence-corrected chi connectivity index (χ1v) is 7.03. The average molecular weight is 248 g/mol. The summed E-state index contributed by atoms with van der Waals surface area (Å²) >= 11 is 0. The molecule has 0 aliphatic carbocycles. The molecule has 3 heterocycles. The maximum absolute atomic E-state index is 4.45. The molecular formula is C14H24N4. The van der Waals surface area contributed by atoms with Gasteiger partial charge in [-0.2, -0.15) is 5.10 Å². The van der Waals surface area contributed by atoms with E-state index in [0.29, 0.717) is 0 Å². The number of hydrogen-bond donors (Lipinski definition) is 2. The van der Waals surface area contributed by atoms with Crippen LogP contribution in [-0.4, -0.2) is 40.8 Å². The lowest BCUT2D eigenvalue weighted by Crippen LogP contribution is -2.33. The molecule has 2 aliphatic rings. The lowest BCUT2D eigenvalue weighted by Gasteiger charge is -2.22. The van der Waals surface area contributed by atoms with E-state index in [1.807, 2.05) is 0 Å². The number of hydrogen-bond acceptors (Lipinski definition) is 3. The Kier molecular flexibility index (Phi) is 2.94. The van der Waals surface area contributed by atoms with E-state index in [2.05, 4.69) is 47.3 Å². The Morgan fingerprint density at radius 2 is 2.22 bits per heavy atom. The Morgan fingerprint density at radius 1 is 1.39 bits per heavy atom. The van der Waals surface area contributed by atoms with Gasteiger partial charge < -0.3 is 5.32 Å². The molecule has 0 radical (unpaired) electrons. The maximum atomic E-state index is 4.45. The molecule has 2 N–H and O–H groups in total. The molecule has 1 aromatic heterocycles. The van der Waals surface area contributed by atoms with Gasteiger partial charge in [0.25, 0.3) is 0 Å². The smallest absolute Gasteiger partial charge is 0.0678 e. The van der Waals surface area contributed by atoms with Gasteiger partial charge in [-0.25, -0.2) is 0 Å². The van der Waals surface area contributed by atoms with Crippen LogP contribution in [0.3, 0.4) is 0 Å². The van der Waals surface area contributed by atoms with Gasteiger partial charge in [0, 0.05) is 30.2 Å². The van der Waals surface area contributed by atoms with Crippen molar-refractivity contribution in [3.63, 3.8) is 0 Å². The fraction of sp³-hybridized carbons (Fsp3) is 0.786. The van der Waals surface area contributed by atoms with Crippen molar-refractivity contribution >= 4 is 0 Å². The second kappa shape index (κ2) is 4.35. The van der Waals surface area contributed by atoms with Crippen molar-refractivity contribution in [2.45, 2.75) is 45.2 Å². The van der Waals surface area contributed by atoms with Gasteiger partial charge >= 0.3 is 0 Å². The molecule has 1 aromatic rings. The Bertz CT molecular complexity index is 418. The summed E-state index contributed by atoms with van der Waals surface area (Å²) in [5, 5.41) is 11.2. The summed E-state index contributed by atoms with van der Waals surface area (Å²) < 4.78 is 0. The third kappa shape index (κ3) is 2.19. The van der Waals surface area contributed by atoms with Crippen LogP contribution in [-0.2, 0) is 12.0 Å². The standard InChI is InChI=1S/C14H24N4/c1-14(2,3)13-6-11(16-17-13)9-18-5-4-10-7-15-8-12(10)18/h6,10,12,15H,4-5,7-9H2,1-3H3,(H,16,17). The molecule has 0 saturated carbocycles. The van der Waals surface area contributed by atoms with Crippen LogP contribution >= 0.6 is 0 Å². The molecule has 18 heavy (non-hydrogen) atoms. The summed E-state index contributed by atoms with van der Waals surface area (Å²) in [6.45, 7) is 11.2. The molecule has 4 heteroatoms. The molecule has 2 unspecified atom stereocenters. The van der Waals surface area contributed by atoms with Crippen LogP contribution in [0.1, 0.15) is 38.6 Å². The fourth-order valence-electron chi connectivity index (χ4n) is 3.18. The normalized spacial score (nSPS) is 28.8. The highest BCUT2D eigenvalue weighted by Crippen LogP contribution is 2.29. The Morgan fingerprint density at radius 3 is 2.94 bits per heavy atom. The van der Waals surface area contributed by atoms with E-state index in [1.165, 1.54) is 25.2 Å². The summed E-state index contributed by atoms with van der Waals surface area (Å²) in [6, 6.07) is 2.97. The summed E-state index contributed by atoms with van der Waals surface area (Å²) in [7, 11) is 0. The van der Waals surface area contributed by atoms with Gasteiger partial charge in [-0.05, 0) is 31.5 Å². The van der Waals surface area contributed by atoms with Crippen LogP contribution in [0.5, 0.6) is 0 Å². The highest BCUT2D eigenvalue weighted by Gasteiger charge is 2.37. The number of likely N-dealkylation sites (tertiary alicyclic amines) is 1. The number of nitrogens with zero attached hydrogens (tertiary/aromatic N) is 2. The van der Waals surface area contributed by atoms with Gasteiger partial charge in [-0.15, -0.1) is 0 Å². The number of rotatable bonds is 2. The van der Waals surface area contributed by atoms with Crippen LogP contribution in [0, 0.1) is 5.92 Å². The minimum Gasteiger partial charge on any atom is -0.315 e. The van der Waals surface area contributed by atoms with Crippen molar-refractivity contribution in [2.75, 3.05) is 19.6 Å². The van der Waals surface area contributed by atoms with Gasteiger partial charge in [0.2, 0.25) is 0 Å². The number of aromatic amines is 1. The molecule has 4 nitrogen and oxygen atoms in total. The SMILES string of the molecule is CC(C)(C)c1cc(CN2CCC3CNCC32)[nH]n1. The van der Waals surface area contributed by atoms with Crippen LogP contribution in [0.4, 0.5) is 0 Å². The fourth-order valence-corrected chi connectivity index (χ4v) is 3.18. The Labute approximate surface area is 109 Å². The van der Waals surface area contributed by atoms with Crippen molar-refractivity contribution in [1.82, 2.24) is 20.4 Å². The van der Waals surface area contributed by atoms with E-state index in [1.54, 1.807) is 0 Å². The van der Waals surface area contributed by atoms with Crippen LogP contribution < -0.4 is 5.32 Å². The highest BCUT2D eigenvalue weighted by molar-refractivity contribution is 5.16. The zero-order valence-corrected chi connectivity index (χ0v) is 11.7. The first-order chi connectivity index (χ1) is 8.54. The first-order valence-electron chi connectivity index (χ1n) is 7.03. The summed E-state index contributed by atoms with van der Waals surface area (Å²) in [4.78, 5) is 2.60. The molecule has 0 aromatic carbocycles. The second-order valence-corrected chi connectivity index (χ2v) is 6.77. The molecule has 0 bridgehead atoms. The van der Waals surface area contributed by atoms with E-state index in [9.17, 15) is 0 Å².